The van der Waals surface area contributed by atoms with Gasteiger partial charge in [-0.2, -0.15) is 0 Å². The first-order chi connectivity index (χ1) is 9.61. The van der Waals surface area contributed by atoms with Crippen LogP contribution in [0.2, 0.25) is 5.02 Å². The number of rotatable bonds is 4. The highest BCUT2D eigenvalue weighted by molar-refractivity contribution is 6.31. The van der Waals surface area contributed by atoms with E-state index in [4.69, 9.17) is 11.6 Å². The minimum Gasteiger partial charge on any atom is -0.507 e. The van der Waals surface area contributed by atoms with E-state index in [1.54, 1.807) is 6.07 Å². The first-order valence-corrected chi connectivity index (χ1v) is 6.52. The number of benzene rings is 2. The van der Waals surface area contributed by atoms with E-state index in [2.05, 4.69) is 10.6 Å². The van der Waals surface area contributed by atoms with Gasteiger partial charge in [-0.1, -0.05) is 29.8 Å². The molecule has 0 spiro atoms. The van der Waals surface area contributed by atoms with E-state index in [-0.39, 0.29) is 17.2 Å². The van der Waals surface area contributed by atoms with Crippen LogP contribution in [0.5, 0.6) is 5.75 Å². The molecule has 104 valence electrons. The third kappa shape index (κ3) is 3.29. The van der Waals surface area contributed by atoms with Crippen LogP contribution in [-0.4, -0.2) is 18.1 Å². The van der Waals surface area contributed by atoms with Gasteiger partial charge < -0.3 is 15.7 Å². The van der Waals surface area contributed by atoms with Crippen molar-refractivity contribution in [3.05, 3.63) is 58.6 Å². The quantitative estimate of drug-likeness (QED) is 0.811. The molecule has 0 saturated heterocycles. The molecule has 0 aliphatic rings. The average Bonchev–Trinajstić information content (AvgIpc) is 2.41. The van der Waals surface area contributed by atoms with Crippen molar-refractivity contribution in [1.82, 2.24) is 5.32 Å². The molecule has 2 aromatic carbocycles. The summed E-state index contributed by atoms with van der Waals surface area (Å²) in [5, 5.41) is 16.0. The molecule has 0 unspecified atom stereocenters. The largest absolute Gasteiger partial charge is 0.507 e. The standard InChI is InChI=1S/C15H15ClN2O2/c1-17-9-10-4-2-3-5-13(10)18-15(20)12-7-6-11(16)8-14(12)19/h2-8,17,19H,9H2,1H3,(H,18,20). The average molecular weight is 291 g/mol. The molecule has 0 saturated carbocycles. The molecular weight excluding hydrogens is 276 g/mol. The molecule has 1 amide bonds. The molecule has 0 heterocycles. The second-order valence-electron chi connectivity index (χ2n) is 4.30. The molecule has 0 bridgehead atoms. The van der Waals surface area contributed by atoms with Crippen LogP contribution in [0.4, 0.5) is 5.69 Å². The predicted molar refractivity (Wildman–Crippen MR) is 80.3 cm³/mol. The van der Waals surface area contributed by atoms with Gasteiger partial charge in [0.05, 0.1) is 5.56 Å². The fraction of sp³-hybridized carbons (Fsp3) is 0.133. The number of phenols is 1. The molecule has 0 aliphatic heterocycles. The van der Waals surface area contributed by atoms with Crippen molar-refractivity contribution < 1.29 is 9.90 Å². The summed E-state index contributed by atoms with van der Waals surface area (Å²) in [5.41, 5.74) is 1.87. The molecule has 4 nitrogen and oxygen atoms in total. The minimum atomic E-state index is -0.372. The lowest BCUT2D eigenvalue weighted by molar-refractivity contribution is 0.102. The highest BCUT2D eigenvalue weighted by atomic mass is 35.5. The summed E-state index contributed by atoms with van der Waals surface area (Å²) in [4.78, 5) is 12.2. The van der Waals surface area contributed by atoms with Gasteiger partial charge in [-0.25, -0.2) is 0 Å². The van der Waals surface area contributed by atoms with E-state index in [0.717, 1.165) is 5.56 Å². The Hall–Kier alpha value is -2.04. The number of phenolic OH excluding ortho intramolecular Hbond substituents is 1. The summed E-state index contributed by atoms with van der Waals surface area (Å²) in [6.07, 6.45) is 0. The van der Waals surface area contributed by atoms with Crippen LogP contribution in [0.25, 0.3) is 0 Å². The van der Waals surface area contributed by atoms with Gasteiger partial charge in [0.15, 0.2) is 0 Å². The smallest absolute Gasteiger partial charge is 0.259 e. The number of amides is 1. The lowest BCUT2D eigenvalue weighted by Gasteiger charge is -2.11. The molecule has 0 aliphatic carbocycles. The van der Waals surface area contributed by atoms with E-state index >= 15 is 0 Å². The van der Waals surface area contributed by atoms with Crippen molar-refractivity contribution in [3.8, 4) is 5.75 Å². The molecular formula is C15H15ClN2O2. The van der Waals surface area contributed by atoms with Crippen molar-refractivity contribution in [1.29, 1.82) is 0 Å². The fourth-order valence-corrected chi connectivity index (χ4v) is 2.04. The van der Waals surface area contributed by atoms with Gasteiger partial charge in [-0.3, -0.25) is 4.79 Å². The number of hydrogen-bond acceptors (Lipinski definition) is 3. The Morgan fingerprint density at radius 3 is 2.70 bits per heavy atom. The van der Waals surface area contributed by atoms with Crippen LogP contribution in [0.1, 0.15) is 15.9 Å². The normalized spacial score (nSPS) is 10.3. The van der Waals surface area contributed by atoms with E-state index in [1.165, 1.54) is 12.1 Å². The summed E-state index contributed by atoms with van der Waals surface area (Å²) in [6, 6.07) is 11.9. The Morgan fingerprint density at radius 1 is 1.25 bits per heavy atom. The number of nitrogens with one attached hydrogen (secondary N) is 2. The zero-order valence-corrected chi connectivity index (χ0v) is 11.7. The highest BCUT2D eigenvalue weighted by Gasteiger charge is 2.13. The van der Waals surface area contributed by atoms with Crippen LogP contribution in [-0.2, 0) is 6.54 Å². The van der Waals surface area contributed by atoms with Gasteiger partial charge in [-0.15, -0.1) is 0 Å². The van der Waals surface area contributed by atoms with Gasteiger partial charge in [0.25, 0.3) is 5.91 Å². The lowest BCUT2D eigenvalue weighted by atomic mass is 10.1. The molecule has 0 atom stereocenters. The van der Waals surface area contributed by atoms with Crippen molar-refractivity contribution >= 4 is 23.2 Å². The zero-order valence-electron chi connectivity index (χ0n) is 11.0. The number of anilines is 1. The van der Waals surface area contributed by atoms with E-state index in [0.29, 0.717) is 17.3 Å². The number of carbonyl (C=O) groups is 1. The first kappa shape index (κ1) is 14.4. The number of aromatic hydroxyl groups is 1. The van der Waals surface area contributed by atoms with Gasteiger partial charge in [0, 0.05) is 17.3 Å². The topological polar surface area (TPSA) is 61.4 Å². The molecule has 2 aromatic rings. The Balaban J connectivity index is 2.23. The Morgan fingerprint density at radius 2 is 2.00 bits per heavy atom. The number of carbonyl (C=O) groups excluding carboxylic acids is 1. The van der Waals surface area contributed by atoms with Crippen LogP contribution in [0, 0.1) is 0 Å². The van der Waals surface area contributed by atoms with E-state index in [1.807, 2.05) is 31.3 Å². The Bertz CT molecular complexity index is 629. The van der Waals surface area contributed by atoms with Crippen molar-refractivity contribution in [3.63, 3.8) is 0 Å². The molecule has 5 heteroatoms. The fourth-order valence-electron chi connectivity index (χ4n) is 1.87. The number of hydrogen-bond donors (Lipinski definition) is 3. The summed E-state index contributed by atoms with van der Waals surface area (Å²) >= 11 is 5.75. The second kappa shape index (κ2) is 6.41. The number of para-hydroxylation sites is 1. The molecule has 3 N–H and O–H groups in total. The summed E-state index contributed by atoms with van der Waals surface area (Å²) < 4.78 is 0. The van der Waals surface area contributed by atoms with Crippen LogP contribution >= 0.6 is 11.6 Å². The summed E-state index contributed by atoms with van der Waals surface area (Å²) in [6.45, 7) is 0.642. The minimum absolute atomic E-state index is 0.138. The van der Waals surface area contributed by atoms with E-state index < -0.39 is 0 Å². The maximum Gasteiger partial charge on any atom is 0.259 e. The van der Waals surface area contributed by atoms with Crippen molar-refractivity contribution in [2.75, 3.05) is 12.4 Å². The van der Waals surface area contributed by atoms with Gasteiger partial charge >= 0.3 is 0 Å². The first-order valence-electron chi connectivity index (χ1n) is 6.14. The van der Waals surface area contributed by atoms with Crippen molar-refractivity contribution in [2.45, 2.75) is 6.54 Å². The van der Waals surface area contributed by atoms with Crippen LogP contribution < -0.4 is 10.6 Å². The molecule has 20 heavy (non-hydrogen) atoms. The van der Waals surface area contributed by atoms with Crippen LogP contribution in [0.15, 0.2) is 42.5 Å². The van der Waals surface area contributed by atoms with Gasteiger partial charge in [-0.05, 0) is 36.9 Å². The predicted octanol–water partition coefficient (Wildman–Crippen LogP) is 3.02. The maximum atomic E-state index is 12.2. The summed E-state index contributed by atoms with van der Waals surface area (Å²) in [5.74, 6) is -0.510. The Labute approximate surface area is 122 Å². The molecule has 0 fully saturated rings. The third-order valence-electron chi connectivity index (χ3n) is 2.84. The summed E-state index contributed by atoms with van der Waals surface area (Å²) in [7, 11) is 1.84. The van der Waals surface area contributed by atoms with E-state index in [9.17, 15) is 9.90 Å². The molecule has 0 radical (unpaired) electrons. The SMILES string of the molecule is CNCc1ccccc1NC(=O)c1ccc(Cl)cc1O. The zero-order chi connectivity index (χ0) is 14.5. The highest BCUT2D eigenvalue weighted by Crippen LogP contribution is 2.23. The monoisotopic (exact) mass is 290 g/mol. The van der Waals surface area contributed by atoms with Gasteiger partial charge in [0.1, 0.15) is 5.75 Å². The van der Waals surface area contributed by atoms with Crippen molar-refractivity contribution in [2.24, 2.45) is 0 Å². The second-order valence-corrected chi connectivity index (χ2v) is 4.74. The van der Waals surface area contributed by atoms with Gasteiger partial charge in [0.2, 0.25) is 0 Å². The number of halogens is 1. The Kier molecular flexibility index (Phi) is 4.61. The van der Waals surface area contributed by atoms with Crippen LogP contribution in [0.3, 0.4) is 0 Å². The maximum absolute atomic E-state index is 12.2. The molecule has 2 rings (SSSR count). The lowest BCUT2D eigenvalue weighted by Crippen LogP contribution is -2.15. The third-order valence-corrected chi connectivity index (χ3v) is 3.07. The molecule has 0 aromatic heterocycles.